The van der Waals surface area contributed by atoms with Crippen molar-refractivity contribution in [3.8, 4) is 6.07 Å². The molecule has 0 aliphatic heterocycles. The third kappa shape index (κ3) is 2.58. The topological polar surface area (TPSA) is 90.8 Å². The molecule has 0 aliphatic rings. The number of nitrogens with zero attached hydrogens (tertiary/aromatic N) is 2. The van der Waals surface area contributed by atoms with Crippen LogP contribution in [0.3, 0.4) is 0 Å². The molecule has 4 aromatic rings. The van der Waals surface area contributed by atoms with Crippen molar-refractivity contribution < 1.29 is 9.53 Å². The molecule has 3 heterocycles. The van der Waals surface area contributed by atoms with Crippen LogP contribution in [0.1, 0.15) is 15.2 Å². The Kier molecular flexibility index (Phi) is 3.60. The van der Waals surface area contributed by atoms with Gasteiger partial charge in [-0.1, -0.05) is 0 Å². The van der Waals surface area contributed by atoms with E-state index in [9.17, 15) is 10.1 Å². The van der Waals surface area contributed by atoms with Crippen LogP contribution < -0.4 is 5.32 Å². The van der Waals surface area contributed by atoms with Gasteiger partial charge in [0.05, 0.1) is 18.4 Å². The Balaban J connectivity index is 1.84. The molecule has 0 fully saturated rings. The Labute approximate surface area is 146 Å². The minimum absolute atomic E-state index is 0.413. The van der Waals surface area contributed by atoms with Gasteiger partial charge in [-0.2, -0.15) is 5.26 Å². The molecule has 25 heavy (non-hydrogen) atoms. The minimum Gasteiger partial charge on any atom is -0.465 e. The van der Waals surface area contributed by atoms with Crippen LogP contribution in [0.25, 0.3) is 21.1 Å². The normalized spacial score (nSPS) is 10.7. The van der Waals surface area contributed by atoms with Crippen molar-refractivity contribution >= 4 is 49.8 Å². The number of hydrogen-bond acceptors (Lipinski definition) is 6. The van der Waals surface area contributed by atoms with Crippen LogP contribution in [-0.2, 0) is 4.74 Å². The number of aromatic amines is 1. The smallest absolute Gasteiger partial charge is 0.348 e. The van der Waals surface area contributed by atoms with Gasteiger partial charge in [-0.3, -0.25) is 0 Å². The number of nitriles is 1. The van der Waals surface area contributed by atoms with Gasteiger partial charge in [-0.25, -0.2) is 9.78 Å². The van der Waals surface area contributed by atoms with Gasteiger partial charge in [-0.15, -0.1) is 11.3 Å². The number of aromatic nitrogens is 2. The van der Waals surface area contributed by atoms with E-state index < -0.39 is 5.97 Å². The van der Waals surface area contributed by atoms with Gasteiger partial charge in [-0.05, 0) is 30.3 Å². The second-order valence-electron chi connectivity index (χ2n) is 5.38. The number of esters is 1. The average molecular weight is 348 g/mol. The standard InChI is InChI=1S/C18H12N4O2S/c1-24-18(23)15-7-13-16(11(8-19)9-21-17(13)25-15)22-12-2-3-14-10(6-12)4-5-20-14/h2-7,9,20H,1H3,(H,21,22). The molecule has 3 aromatic heterocycles. The average Bonchev–Trinajstić information content (AvgIpc) is 3.27. The summed E-state index contributed by atoms with van der Waals surface area (Å²) in [6.07, 6.45) is 3.39. The number of pyridine rings is 1. The monoisotopic (exact) mass is 348 g/mol. The molecule has 0 radical (unpaired) electrons. The third-order valence-electron chi connectivity index (χ3n) is 3.89. The molecule has 0 amide bonds. The Morgan fingerprint density at radius 3 is 3.04 bits per heavy atom. The first-order valence-electron chi connectivity index (χ1n) is 7.44. The molecule has 6 nitrogen and oxygen atoms in total. The molecular weight excluding hydrogens is 336 g/mol. The van der Waals surface area contributed by atoms with Gasteiger partial charge in [0.15, 0.2) is 0 Å². The maximum absolute atomic E-state index is 11.8. The second kappa shape index (κ2) is 5.92. The lowest BCUT2D eigenvalue weighted by Gasteiger charge is -2.09. The second-order valence-corrected chi connectivity index (χ2v) is 6.42. The number of fused-ring (bicyclic) bond motifs is 2. The fourth-order valence-electron chi connectivity index (χ4n) is 2.69. The number of benzene rings is 1. The first-order valence-corrected chi connectivity index (χ1v) is 8.26. The van der Waals surface area contributed by atoms with Gasteiger partial charge in [0.2, 0.25) is 0 Å². The quantitative estimate of drug-likeness (QED) is 0.542. The predicted octanol–water partition coefficient (Wildman–Crippen LogP) is 4.18. The summed E-state index contributed by atoms with van der Waals surface area (Å²) in [6.45, 7) is 0. The van der Waals surface area contributed by atoms with E-state index in [0.717, 1.165) is 22.0 Å². The molecule has 0 spiro atoms. The van der Waals surface area contributed by atoms with Crippen molar-refractivity contribution in [1.29, 1.82) is 5.26 Å². The summed E-state index contributed by atoms with van der Waals surface area (Å²) in [6, 6.07) is 11.7. The number of nitrogens with one attached hydrogen (secondary N) is 2. The number of hydrogen-bond donors (Lipinski definition) is 2. The summed E-state index contributed by atoms with van der Waals surface area (Å²) in [5, 5.41) is 14.5. The molecular formula is C18H12N4O2S. The number of carbonyl (C=O) groups is 1. The molecule has 0 aliphatic carbocycles. The minimum atomic E-state index is -0.416. The van der Waals surface area contributed by atoms with Crippen LogP contribution >= 0.6 is 11.3 Å². The Hall–Kier alpha value is -3.37. The van der Waals surface area contributed by atoms with Crippen LogP contribution in [0.4, 0.5) is 11.4 Å². The van der Waals surface area contributed by atoms with Crippen molar-refractivity contribution in [1.82, 2.24) is 9.97 Å². The van der Waals surface area contributed by atoms with Crippen molar-refractivity contribution in [2.75, 3.05) is 12.4 Å². The highest BCUT2D eigenvalue weighted by atomic mass is 32.1. The number of ether oxygens (including phenoxy) is 1. The lowest BCUT2D eigenvalue weighted by molar-refractivity contribution is 0.0606. The van der Waals surface area contributed by atoms with Gasteiger partial charge in [0, 0.05) is 34.4 Å². The molecule has 4 rings (SSSR count). The van der Waals surface area contributed by atoms with Crippen LogP contribution in [0.2, 0.25) is 0 Å². The Bertz CT molecular complexity index is 1150. The zero-order chi connectivity index (χ0) is 17.4. The van der Waals surface area contributed by atoms with E-state index in [1.54, 1.807) is 6.07 Å². The van der Waals surface area contributed by atoms with Gasteiger partial charge in [0.1, 0.15) is 15.8 Å². The summed E-state index contributed by atoms with van der Waals surface area (Å²) < 4.78 is 4.77. The Morgan fingerprint density at radius 2 is 2.24 bits per heavy atom. The lowest BCUT2D eigenvalue weighted by Crippen LogP contribution is -1.97. The molecule has 0 bridgehead atoms. The first kappa shape index (κ1) is 15.2. The molecule has 1 aromatic carbocycles. The summed E-state index contributed by atoms with van der Waals surface area (Å²) in [4.78, 5) is 20.3. The van der Waals surface area contributed by atoms with Gasteiger partial charge in [0.25, 0.3) is 0 Å². The first-order chi connectivity index (χ1) is 12.2. The van der Waals surface area contributed by atoms with E-state index in [1.807, 2.05) is 30.5 Å². The highest BCUT2D eigenvalue weighted by molar-refractivity contribution is 7.20. The maximum atomic E-state index is 11.8. The van der Waals surface area contributed by atoms with Gasteiger partial charge >= 0.3 is 5.97 Å². The van der Waals surface area contributed by atoms with Crippen LogP contribution in [0.15, 0.2) is 42.7 Å². The molecule has 122 valence electrons. The predicted molar refractivity (Wildman–Crippen MR) is 97.3 cm³/mol. The molecule has 0 saturated heterocycles. The molecule has 0 unspecified atom stereocenters. The van der Waals surface area contributed by atoms with Crippen LogP contribution in [0, 0.1) is 11.3 Å². The molecule has 0 saturated carbocycles. The van der Waals surface area contributed by atoms with E-state index in [0.29, 0.717) is 21.0 Å². The largest absolute Gasteiger partial charge is 0.465 e. The number of anilines is 2. The fraction of sp³-hybridized carbons (Fsp3) is 0.0556. The lowest BCUT2D eigenvalue weighted by atomic mass is 10.1. The van der Waals surface area contributed by atoms with E-state index >= 15 is 0 Å². The van der Waals surface area contributed by atoms with Crippen molar-refractivity contribution in [2.24, 2.45) is 0 Å². The summed E-state index contributed by atoms with van der Waals surface area (Å²) in [5.74, 6) is -0.416. The highest BCUT2D eigenvalue weighted by Gasteiger charge is 2.16. The summed E-state index contributed by atoms with van der Waals surface area (Å²) in [7, 11) is 1.34. The fourth-order valence-corrected chi connectivity index (χ4v) is 3.61. The summed E-state index contributed by atoms with van der Waals surface area (Å²) in [5.41, 5.74) is 2.93. The van der Waals surface area contributed by atoms with E-state index in [4.69, 9.17) is 4.74 Å². The van der Waals surface area contributed by atoms with E-state index in [-0.39, 0.29) is 0 Å². The van der Waals surface area contributed by atoms with E-state index in [1.165, 1.54) is 24.6 Å². The van der Waals surface area contributed by atoms with Gasteiger partial charge < -0.3 is 15.0 Å². The van der Waals surface area contributed by atoms with Crippen molar-refractivity contribution in [2.45, 2.75) is 0 Å². The van der Waals surface area contributed by atoms with Crippen LogP contribution in [-0.4, -0.2) is 23.0 Å². The number of methoxy groups -OCH3 is 1. The molecule has 2 N–H and O–H groups in total. The van der Waals surface area contributed by atoms with Crippen molar-refractivity contribution in [3.05, 3.63) is 53.2 Å². The van der Waals surface area contributed by atoms with Crippen LogP contribution in [0.5, 0.6) is 0 Å². The zero-order valence-corrected chi connectivity index (χ0v) is 14.0. The van der Waals surface area contributed by atoms with E-state index in [2.05, 4.69) is 21.4 Å². The number of rotatable bonds is 3. The number of thiophene rings is 1. The maximum Gasteiger partial charge on any atom is 0.348 e. The zero-order valence-electron chi connectivity index (χ0n) is 13.2. The molecule has 0 atom stereocenters. The third-order valence-corrected chi connectivity index (χ3v) is 4.91. The number of carbonyl (C=O) groups excluding carboxylic acids is 1. The molecule has 7 heteroatoms. The highest BCUT2D eigenvalue weighted by Crippen LogP contribution is 2.34. The van der Waals surface area contributed by atoms with Crippen molar-refractivity contribution in [3.63, 3.8) is 0 Å². The summed E-state index contributed by atoms with van der Waals surface area (Å²) >= 11 is 1.24. The number of H-pyrrole nitrogens is 1. The Morgan fingerprint density at radius 1 is 1.36 bits per heavy atom. The SMILES string of the molecule is COC(=O)c1cc2c(Nc3ccc4[nH]ccc4c3)c(C#N)cnc2s1.